The SMILES string of the molecule is C[C@H]1[C@H](c2ccccc2)O[C@@](C)(c2ccc([N+](=O)[O-])cc2)N1C. The molecule has 1 fully saturated rings. The van der Waals surface area contributed by atoms with Crippen molar-refractivity contribution in [2.75, 3.05) is 7.05 Å². The Morgan fingerprint density at radius 2 is 1.74 bits per heavy atom. The second kappa shape index (κ2) is 5.76. The Morgan fingerprint density at radius 1 is 1.13 bits per heavy atom. The summed E-state index contributed by atoms with van der Waals surface area (Å²) in [6, 6.07) is 16.9. The zero-order chi connectivity index (χ0) is 16.6. The van der Waals surface area contributed by atoms with Gasteiger partial charge in [0.1, 0.15) is 11.8 Å². The molecule has 3 rings (SSSR count). The summed E-state index contributed by atoms with van der Waals surface area (Å²) in [6.45, 7) is 4.14. The van der Waals surface area contributed by atoms with Gasteiger partial charge in [-0.15, -0.1) is 0 Å². The molecule has 1 heterocycles. The molecule has 0 bridgehead atoms. The van der Waals surface area contributed by atoms with Crippen LogP contribution in [0, 0.1) is 10.1 Å². The van der Waals surface area contributed by atoms with Crippen LogP contribution >= 0.6 is 0 Å². The van der Waals surface area contributed by atoms with Crippen LogP contribution in [-0.2, 0) is 10.5 Å². The molecule has 5 heteroatoms. The Kier molecular flexibility index (Phi) is 3.92. The maximum atomic E-state index is 10.8. The molecule has 2 aromatic rings. The van der Waals surface area contributed by atoms with Crippen molar-refractivity contribution in [3.63, 3.8) is 0 Å². The molecule has 120 valence electrons. The van der Waals surface area contributed by atoms with Gasteiger partial charge in [0.05, 0.1) is 4.92 Å². The minimum atomic E-state index is -0.616. The summed E-state index contributed by atoms with van der Waals surface area (Å²) in [4.78, 5) is 12.6. The van der Waals surface area contributed by atoms with Crippen LogP contribution in [0.1, 0.15) is 31.1 Å². The Bertz CT molecular complexity index is 702. The Hall–Kier alpha value is -2.24. The standard InChI is InChI=1S/C18H20N2O3/c1-13-17(14-7-5-4-6-8-14)23-18(2,19(13)3)15-9-11-16(12-10-15)20(21)22/h4-13,17H,1-3H3/t13-,17+,18-/m0/s1. The topological polar surface area (TPSA) is 55.6 Å². The maximum absolute atomic E-state index is 10.8. The van der Waals surface area contributed by atoms with E-state index in [9.17, 15) is 10.1 Å². The smallest absolute Gasteiger partial charge is 0.269 e. The van der Waals surface area contributed by atoms with Crippen LogP contribution in [0.25, 0.3) is 0 Å². The third-order valence-corrected chi connectivity index (χ3v) is 4.82. The number of non-ortho nitro benzene ring substituents is 1. The van der Waals surface area contributed by atoms with Crippen LogP contribution in [0.4, 0.5) is 5.69 Å². The molecule has 0 unspecified atom stereocenters. The van der Waals surface area contributed by atoms with E-state index in [1.807, 2.05) is 32.2 Å². The van der Waals surface area contributed by atoms with E-state index in [-0.39, 0.29) is 22.8 Å². The molecule has 5 nitrogen and oxygen atoms in total. The second-order valence-electron chi connectivity index (χ2n) is 6.09. The zero-order valence-electron chi connectivity index (χ0n) is 13.5. The lowest BCUT2D eigenvalue weighted by Gasteiger charge is -2.32. The quantitative estimate of drug-likeness (QED) is 0.638. The van der Waals surface area contributed by atoms with Crippen molar-refractivity contribution >= 4 is 5.69 Å². The lowest BCUT2D eigenvalue weighted by atomic mass is 10.0. The van der Waals surface area contributed by atoms with Gasteiger partial charge in [0.2, 0.25) is 0 Å². The van der Waals surface area contributed by atoms with Gasteiger partial charge >= 0.3 is 0 Å². The van der Waals surface area contributed by atoms with Gasteiger partial charge in [0, 0.05) is 18.2 Å². The number of benzene rings is 2. The lowest BCUT2D eigenvalue weighted by Crippen LogP contribution is -2.39. The molecule has 2 aromatic carbocycles. The summed E-state index contributed by atoms with van der Waals surface area (Å²) < 4.78 is 6.40. The average Bonchev–Trinajstić information content (AvgIpc) is 2.81. The van der Waals surface area contributed by atoms with Gasteiger partial charge in [-0.1, -0.05) is 30.3 Å². The first-order chi connectivity index (χ1) is 10.9. The molecule has 0 N–H and O–H groups in total. The Balaban J connectivity index is 1.93. The van der Waals surface area contributed by atoms with Gasteiger partial charge in [-0.3, -0.25) is 15.0 Å². The molecule has 23 heavy (non-hydrogen) atoms. The zero-order valence-corrected chi connectivity index (χ0v) is 13.5. The highest BCUT2D eigenvalue weighted by Gasteiger charge is 2.47. The number of rotatable bonds is 3. The highest BCUT2D eigenvalue weighted by Crippen LogP contribution is 2.45. The Morgan fingerprint density at radius 3 is 2.30 bits per heavy atom. The molecule has 1 aliphatic heterocycles. The molecular formula is C18H20N2O3. The van der Waals surface area contributed by atoms with Crippen LogP contribution in [-0.4, -0.2) is 22.9 Å². The first-order valence-electron chi connectivity index (χ1n) is 7.64. The van der Waals surface area contributed by atoms with E-state index in [1.54, 1.807) is 12.1 Å². The molecular weight excluding hydrogens is 292 g/mol. The highest BCUT2D eigenvalue weighted by atomic mass is 16.6. The molecule has 0 aliphatic carbocycles. The predicted molar refractivity (Wildman–Crippen MR) is 87.9 cm³/mol. The predicted octanol–water partition coefficient (Wildman–Crippen LogP) is 3.86. The second-order valence-corrected chi connectivity index (χ2v) is 6.09. The summed E-state index contributed by atoms with van der Waals surface area (Å²) in [5.41, 5.74) is 1.52. The number of likely N-dealkylation sites (N-methyl/N-ethyl adjacent to an activating group) is 1. The number of ether oxygens (including phenoxy) is 1. The van der Waals surface area contributed by atoms with Gasteiger partial charge in [-0.05, 0) is 44.2 Å². The van der Waals surface area contributed by atoms with E-state index >= 15 is 0 Å². The summed E-state index contributed by atoms with van der Waals surface area (Å²) in [5.74, 6) is 0. The summed E-state index contributed by atoms with van der Waals surface area (Å²) in [7, 11) is 2.02. The van der Waals surface area contributed by atoms with E-state index in [1.165, 1.54) is 12.1 Å². The van der Waals surface area contributed by atoms with Gasteiger partial charge in [0.25, 0.3) is 5.69 Å². The van der Waals surface area contributed by atoms with Crippen molar-refractivity contribution in [2.45, 2.75) is 31.7 Å². The van der Waals surface area contributed by atoms with Crippen LogP contribution in [0.15, 0.2) is 54.6 Å². The minimum Gasteiger partial charge on any atom is -0.347 e. The number of hydrogen-bond donors (Lipinski definition) is 0. The van der Waals surface area contributed by atoms with Gasteiger partial charge in [-0.25, -0.2) is 0 Å². The fraction of sp³-hybridized carbons (Fsp3) is 0.333. The molecule has 0 spiro atoms. The van der Waals surface area contributed by atoms with Crippen molar-refractivity contribution in [2.24, 2.45) is 0 Å². The number of hydrogen-bond acceptors (Lipinski definition) is 4. The highest BCUT2D eigenvalue weighted by molar-refractivity contribution is 5.36. The number of nitrogens with zero attached hydrogens (tertiary/aromatic N) is 2. The van der Waals surface area contributed by atoms with Crippen molar-refractivity contribution < 1.29 is 9.66 Å². The summed E-state index contributed by atoms with van der Waals surface area (Å²) in [6.07, 6.45) is -0.0404. The molecule has 0 saturated carbocycles. The fourth-order valence-electron chi connectivity index (χ4n) is 3.17. The van der Waals surface area contributed by atoms with Gasteiger partial charge < -0.3 is 4.74 Å². The molecule has 0 aromatic heterocycles. The summed E-state index contributed by atoms with van der Waals surface area (Å²) >= 11 is 0. The van der Waals surface area contributed by atoms with Crippen LogP contribution in [0.2, 0.25) is 0 Å². The minimum absolute atomic E-state index is 0.0404. The molecule has 0 radical (unpaired) electrons. The molecule has 1 saturated heterocycles. The number of nitro benzene ring substituents is 1. The van der Waals surface area contributed by atoms with Crippen LogP contribution in [0.3, 0.4) is 0 Å². The molecule has 1 aliphatic rings. The normalized spacial score (nSPS) is 28.0. The van der Waals surface area contributed by atoms with Crippen molar-refractivity contribution in [3.05, 3.63) is 75.8 Å². The van der Waals surface area contributed by atoms with Gasteiger partial charge in [0.15, 0.2) is 0 Å². The van der Waals surface area contributed by atoms with Crippen LogP contribution < -0.4 is 0 Å². The van der Waals surface area contributed by atoms with E-state index in [2.05, 4.69) is 24.0 Å². The average molecular weight is 312 g/mol. The summed E-state index contributed by atoms with van der Waals surface area (Å²) in [5, 5.41) is 10.8. The van der Waals surface area contributed by atoms with Crippen molar-refractivity contribution in [1.82, 2.24) is 4.90 Å². The largest absolute Gasteiger partial charge is 0.347 e. The first kappa shape index (κ1) is 15.6. The van der Waals surface area contributed by atoms with E-state index in [4.69, 9.17) is 4.74 Å². The molecule has 0 amide bonds. The molecule has 3 atom stereocenters. The Labute approximate surface area is 135 Å². The van der Waals surface area contributed by atoms with Crippen molar-refractivity contribution in [1.29, 1.82) is 0 Å². The third kappa shape index (κ3) is 2.62. The maximum Gasteiger partial charge on any atom is 0.269 e. The first-order valence-corrected chi connectivity index (χ1v) is 7.64. The van der Waals surface area contributed by atoms with E-state index in [0.29, 0.717) is 0 Å². The van der Waals surface area contributed by atoms with E-state index in [0.717, 1.165) is 11.1 Å². The monoisotopic (exact) mass is 312 g/mol. The lowest BCUT2D eigenvalue weighted by molar-refractivity contribution is -0.384. The third-order valence-electron chi connectivity index (χ3n) is 4.82. The van der Waals surface area contributed by atoms with Gasteiger partial charge in [-0.2, -0.15) is 0 Å². The number of nitro groups is 1. The fourth-order valence-corrected chi connectivity index (χ4v) is 3.17. The van der Waals surface area contributed by atoms with E-state index < -0.39 is 5.72 Å². The van der Waals surface area contributed by atoms with Crippen molar-refractivity contribution in [3.8, 4) is 0 Å². The van der Waals surface area contributed by atoms with Crippen LogP contribution in [0.5, 0.6) is 0 Å².